The van der Waals surface area contributed by atoms with Crippen molar-refractivity contribution in [2.75, 3.05) is 40.0 Å². The van der Waals surface area contributed by atoms with Gasteiger partial charge in [-0.3, -0.25) is 0 Å². The molecular formula is C10H23NO4Si. The SMILES string of the molecule is CO[Si](C)(CCCO)OCC1CNCCO1. The predicted octanol–water partition coefficient (Wildman–Crippen LogP) is 0.0922. The molecule has 0 radical (unpaired) electrons. The largest absolute Gasteiger partial charge is 0.398 e. The first-order valence-corrected chi connectivity index (χ1v) is 8.35. The predicted molar refractivity (Wildman–Crippen MR) is 63.7 cm³/mol. The molecular weight excluding hydrogens is 226 g/mol. The van der Waals surface area contributed by atoms with Crippen LogP contribution in [0.5, 0.6) is 0 Å². The molecule has 1 aliphatic rings. The van der Waals surface area contributed by atoms with Crippen LogP contribution in [0.15, 0.2) is 0 Å². The molecule has 0 aromatic carbocycles. The minimum atomic E-state index is -2.10. The molecule has 0 aromatic heterocycles. The van der Waals surface area contributed by atoms with Crippen LogP contribution in [0.1, 0.15) is 6.42 Å². The fourth-order valence-electron chi connectivity index (χ4n) is 1.63. The molecule has 0 spiro atoms. The summed E-state index contributed by atoms with van der Waals surface area (Å²) in [5.74, 6) is 0. The second kappa shape index (κ2) is 7.36. The summed E-state index contributed by atoms with van der Waals surface area (Å²) < 4.78 is 16.9. The highest BCUT2D eigenvalue weighted by atomic mass is 28.4. The van der Waals surface area contributed by atoms with Gasteiger partial charge in [-0.05, 0) is 19.0 Å². The molecule has 2 N–H and O–H groups in total. The third-order valence-electron chi connectivity index (χ3n) is 2.80. The topological polar surface area (TPSA) is 60.0 Å². The molecule has 1 fully saturated rings. The van der Waals surface area contributed by atoms with Gasteiger partial charge in [0.2, 0.25) is 0 Å². The molecule has 0 aliphatic carbocycles. The third kappa shape index (κ3) is 4.90. The number of aliphatic hydroxyl groups excluding tert-OH is 1. The molecule has 1 aliphatic heterocycles. The van der Waals surface area contributed by atoms with Crippen LogP contribution in [-0.2, 0) is 13.6 Å². The molecule has 1 saturated heterocycles. The van der Waals surface area contributed by atoms with Crippen LogP contribution >= 0.6 is 0 Å². The number of rotatable bonds is 7. The quantitative estimate of drug-likeness (QED) is 0.626. The molecule has 0 saturated carbocycles. The molecule has 16 heavy (non-hydrogen) atoms. The van der Waals surface area contributed by atoms with Crippen molar-refractivity contribution in [1.29, 1.82) is 0 Å². The maximum atomic E-state index is 8.82. The summed E-state index contributed by atoms with van der Waals surface area (Å²) in [5, 5.41) is 12.1. The van der Waals surface area contributed by atoms with Gasteiger partial charge in [-0.2, -0.15) is 0 Å². The van der Waals surface area contributed by atoms with Crippen molar-refractivity contribution in [3.63, 3.8) is 0 Å². The Morgan fingerprint density at radius 2 is 2.38 bits per heavy atom. The van der Waals surface area contributed by atoms with E-state index in [1.807, 2.05) is 6.55 Å². The average Bonchev–Trinajstić information content (AvgIpc) is 2.35. The first-order valence-electron chi connectivity index (χ1n) is 5.82. The molecule has 1 heterocycles. The highest BCUT2D eigenvalue weighted by molar-refractivity contribution is 6.65. The van der Waals surface area contributed by atoms with Crippen molar-refractivity contribution in [1.82, 2.24) is 5.32 Å². The Labute approximate surface area is 98.3 Å². The number of hydrogen-bond acceptors (Lipinski definition) is 5. The lowest BCUT2D eigenvalue weighted by atomic mass is 10.3. The lowest BCUT2D eigenvalue weighted by molar-refractivity contribution is -0.00824. The van der Waals surface area contributed by atoms with E-state index in [1.165, 1.54) is 0 Å². The van der Waals surface area contributed by atoms with Crippen LogP contribution in [0.3, 0.4) is 0 Å². The Morgan fingerprint density at radius 3 is 2.94 bits per heavy atom. The summed E-state index contributed by atoms with van der Waals surface area (Å²) in [6, 6.07) is 0.820. The summed E-state index contributed by atoms with van der Waals surface area (Å²) in [6.45, 7) is 5.30. The number of aliphatic hydroxyl groups is 1. The first kappa shape index (κ1) is 14.1. The Hall–Kier alpha value is 0.0169. The van der Waals surface area contributed by atoms with Crippen molar-refractivity contribution in [2.45, 2.75) is 25.1 Å². The van der Waals surface area contributed by atoms with Crippen LogP contribution in [-0.4, -0.2) is 59.8 Å². The number of nitrogens with one attached hydrogen (secondary N) is 1. The monoisotopic (exact) mass is 249 g/mol. The summed E-state index contributed by atoms with van der Waals surface area (Å²) >= 11 is 0. The Kier molecular flexibility index (Phi) is 6.48. The molecule has 6 heteroatoms. The smallest absolute Gasteiger partial charge is 0.334 e. The standard InChI is InChI=1S/C10H23NO4Si/c1-13-16(2,7-3-5-12)15-9-10-8-11-4-6-14-10/h10-12H,3-9H2,1-2H3. The molecule has 5 nitrogen and oxygen atoms in total. The van der Waals surface area contributed by atoms with E-state index < -0.39 is 8.56 Å². The Bertz CT molecular complexity index is 190. The molecule has 96 valence electrons. The number of hydrogen-bond donors (Lipinski definition) is 2. The van der Waals surface area contributed by atoms with E-state index in [-0.39, 0.29) is 12.7 Å². The van der Waals surface area contributed by atoms with Gasteiger partial charge < -0.3 is 24.0 Å². The Balaban J connectivity index is 2.25. The van der Waals surface area contributed by atoms with Gasteiger partial charge in [0.15, 0.2) is 0 Å². The number of morpholine rings is 1. The zero-order valence-corrected chi connectivity index (χ0v) is 11.2. The van der Waals surface area contributed by atoms with Gasteiger partial charge in [-0.15, -0.1) is 0 Å². The highest BCUT2D eigenvalue weighted by Crippen LogP contribution is 2.15. The fraction of sp³-hybridized carbons (Fsp3) is 1.00. The van der Waals surface area contributed by atoms with E-state index in [0.29, 0.717) is 6.61 Å². The van der Waals surface area contributed by atoms with E-state index >= 15 is 0 Å². The van der Waals surface area contributed by atoms with Crippen LogP contribution in [0.2, 0.25) is 12.6 Å². The maximum Gasteiger partial charge on any atom is 0.334 e. The van der Waals surface area contributed by atoms with Crippen molar-refractivity contribution in [3.05, 3.63) is 0 Å². The molecule has 1 rings (SSSR count). The van der Waals surface area contributed by atoms with Gasteiger partial charge in [0.1, 0.15) is 0 Å². The second-order valence-corrected chi connectivity index (χ2v) is 7.64. The van der Waals surface area contributed by atoms with E-state index in [1.54, 1.807) is 7.11 Å². The van der Waals surface area contributed by atoms with Crippen LogP contribution in [0, 0.1) is 0 Å². The summed E-state index contributed by atoms with van der Waals surface area (Å²) in [4.78, 5) is 0. The summed E-state index contributed by atoms with van der Waals surface area (Å²) in [5.41, 5.74) is 0. The summed E-state index contributed by atoms with van der Waals surface area (Å²) in [6.07, 6.45) is 0.866. The van der Waals surface area contributed by atoms with E-state index in [2.05, 4.69) is 5.32 Å². The van der Waals surface area contributed by atoms with Crippen LogP contribution in [0.4, 0.5) is 0 Å². The molecule has 0 bridgehead atoms. The van der Waals surface area contributed by atoms with Crippen molar-refractivity contribution in [2.24, 2.45) is 0 Å². The number of ether oxygens (including phenoxy) is 1. The lowest BCUT2D eigenvalue weighted by Gasteiger charge is -2.29. The second-order valence-electron chi connectivity index (χ2n) is 4.17. The zero-order valence-electron chi connectivity index (χ0n) is 10.2. The van der Waals surface area contributed by atoms with Crippen molar-refractivity contribution in [3.8, 4) is 0 Å². The van der Waals surface area contributed by atoms with Crippen LogP contribution in [0.25, 0.3) is 0 Å². The van der Waals surface area contributed by atoms with Gasteiger partial charge in [0.05, 0.1) is 19.3 Å². The minimum absolute atomic E-state index is 0.129. The highest BCUT2D eigenvalue weighted by Gasteiger charge is 2.31. The molecule has 0 amide bonds. The maximum absolute atomic E-state index is 8.82. The van der Waals surface area contributed by atoms with Gasteiger partial charge in [0, 0.05) is 26.8 Å². The normalized spacial score (nSPS) is 25.3. The van der Waals surface area contributed by atoms with E-state index in [0.717, 1.165) is 32.2 Å². The fourth-order valence-corrected chi connectivity index (χ4v) is 3.43. The van der Waals surface area contributed by atoms with Crippen LogP contribution < -0.4 is 5.32 Å². The van der Waals surface area contributed by atoms with Gasteiger partial charge in [-0.25, -0.2) is 0 Å². The zero-order chi connectivity index (χ0) is 11.9. The average molecular weight is 249 g/mol. The van der Waals surface area contributed by atoms with Gasteiger partial charge in [0.25, 0.3) is 0 Å². The van der Waals surface area contributed by atoms with Gasteiger partial charge in [-0.1, -0.05) is 0 Å². The third-order valence-corrected chi connectivity index (χ3v) is 5.70. The van der Waals surface area contributed by atoms with Gasteiger partial charge >= 0.3 is 8.56 Å². The Morgan fingerprint density at radius 1 is 1.56 bits per heavy atom. The molecule has 2 atom stereocenters. The lowest BCUT2D eigenvalue weighted by Crippen LogP contribution is -2.45. The minimum Gasteiger partial charge on any atom is -0.398 e. The van der Waals surface area contributed by atoms with Crippen molar-refractivity contribution >= 4 is 8.56 Å². The van der Waals surface area contributed by atoms with Crippen molar-refractivity contribution < 1.29 is 18.7 Å². The van der Waals surface area contributed by atoms with E-state index in [9.17, 15) is 0 Å². The first-order chi connectivity index (χ1) is 7.70. The molecule has 0 aromatic rings. The summed E-state index contributed by atoms with van der Waals surface area (Å²) in [7, 11) is -0.412. The molecule has 2 unspecified atom stereocenters. The van der Waals surface area contributed by atoms with E-state index in [4.69, 9.17) is 18.7 Å².